The Kier molecular flexibility index (Phi) is 8.49. The molecule has 3 aromatic rings. The molecule has 0 bridgehead atoms. The summed E-state index contributed by atoms with van der Waals surface area (Å²) in [7, 11) is -3.83. The maximum atomic E-state index is 14.8. The van der Waals surface area contributed by atoms with Crippen LogP contribution in [0.3, 0.4) is 0 Å². The molecule has 1 saturated heterocycles. The molecule has 1 heterocycles. The molecule has 8 heteroatoms. The minimum absolute atomic E-state index is 0.0578. The number of amides is 2. The van der Waals surface area contributed by atoms with Gasteiger partial charge in [-0.2, -0.15) is 0 Å². The van der Waals surface area contributed by atoms with Crippen LogP contribution >= 0.6 is 7.37 Å². The fourth-order valence-electron chi connectivity index (χ4n) is 4.05. The zero-order valence-electron chi connectivity index (χ0n) is 20.1. The second kappa shape index (κ2) is 12.0. The Bertz CT molecular complexity index is 1260. The van der Waals surface area contributed by atoms with Crippen LogP contribution in [0.2, 0.25) is 0 Å². The maximum absolute atomic E-state index is 14.8. The summed E-state index contributed by atoms with van der Waals surface area (Å²) in [6.45, 7) is 3.38. The van der Waals surface area contributed by atoms with Crippen LogP contribution in [0.4, 0.5) is 0 Å². The first-order valence-corrected chi connectivity index (χ1v) is 13.5. The molecule has 0 spiro atoms. The Balaban J connectivity index is 1.97. The van der Waals surface area contributed by atoms with Gasteiger partial charge in [-0.1, -0.05) is 66.7 Å². The topological polar surface area (TPSA) is 84.9 Å². The molecule has 0 aromatic heterocycles. The average molecular weight is 505 g/mol. The lowest BCUT2D eigenvalue weighted by Gasteiger charge is -2.30. The van der Waals surface area contributed by atoms with Crippen molar-refractivity contribution in [3.8, 4) is 0 Å². The van der Waals surface area contributed by atoms with E-state index in [1.807, 2.05) is 12.1 Å². The predicted octanol–water partition coefficient (Wildman–Crippen LogP) is 4.28. The molecule has 4 rings (SSSR count). The van der Waals surface area contributed by atoms with Crippen molar-refractivity contribution in [3.63, 3.8) is 0 Å². The molecule has 0 aliphatic carbocycles. The summed E-state index contributed by atoms with van der Waals surface area (Å²) in [5.74, 6) is -0.908. The van der Waals surface area contributed by atoms with Gasteiger partial charge < -0.3 is 19.5 Å². The largest absolute Gasteiger partial charge is 0.378 e. The number of nitrogens with zero attached hydrogens (tertiary/aromatic N) is 1. The number of nitrogens with one attached hydrogen (secondary N) is 1. The van der Waals surface area contributed by atoms with Crippen molar-refractivity contribution in [2.24, 2.45) is 0 Å². The third kappa shape index (κ3) is 5.65. The first kappa shape index (κ1) is 25.6. The Labute approximate surface area is 211 Å². The van der Waals surface area contributed by atoms with Crippen LogP contribution in [0.15, 0.2) is 96.7 Å². The minimum atomic E-state index is -3.83. The maximum Gasteiger partial charge on any atom is 0.271 e. The number of hydrogen-bond donors (Lipinski definition) is 1. The van der Waals surface area contributed by atoms with Gasteiger partial charge in [0.1, 0.15) is 5.70 Å². The molecule has 0 unspecified atom stereocenters. The van der Waals surface area contributed by atoms with Gasteiger partial charge in [-0.15, -0.1) is 0 Å². The molecule has 36 heavy (non-hydrogen) atoms. The minimum Gasteiger partial charge on any atom is -0.378 e. The van der Waals surface area contributed by atoms with Crippen LogP contribution in [-0.4, -0.2) is 49.6 Å². The molecule has 0 saturated carbocycles. The average Bonchev–Trinajstić information content (AvgIpc) is 2.94. The molecule has 1 aliphatic heterocycles. The molecule has 2 amide bonds. The van der Waals surface area contributed by atoms with Crippen LogP contribution in [0.25, 0.3) is 5.31 Å². The second-order valence-corrected chi connectivity index (χ2v) is 10.4. The van der Waals surface area contributed by atoms with Crippen molar-refractivity contribution >= 4 is 29.8 Å². The van der Waals surface area contributed by atoms with E-state index in [1.54, 1.807) is 90.7 Å². The summed E-state index contributed by atoms with van der Waals surface area (Å²) >= 11 is 0. The van der Waals surface area contributed by atoms with Gasteiger partial charge in [0.05, 0.1) is 25.1 Å². The highest BCUT2D eigenvalue weighted by Gasteiger charge is 2.38. The van der Waals surface area contributed by atoms with Gasteiger partial charge in [-0.05, 0) is 36.8 Å². The lowest BCUT2D eigenvalue weighted by molar-refractivity contribution is -0.131. The quantitative estimate of drug-likeness (QED) is 0.366. The highest BCUT2D eigenvalue weighted by Crippen LogP contribution is 2.59. The van der Waals surface area contributed by atoms with Gasteiger partial charge in [0, 0.05) is 24.0 Å². The van der Waals surface area contributed by atoms with Crippen LogP contribution in [0.1, 0.15) is 22.8 Å². The number of carbonyl (C=O) groups excluding carboxylic acids is 2. The third-order valence-corrected chi connectivity index (χ3v) is 8.44. The highest BCUT2D eigenvalue weighted by molar-refractivity contribution is 7.77. The van der Waals surface area contributed by atoms with Gasteiger partial charge in [0.2, 0.25) is 0 Å². The summed E-state index contributed by atoms with van der Waals surface area (Å²) in [6.07, 6.45) is 0. The zero-order valence-corrected chi connectivity index (χ0v) is 21.0. The standard InChI is InChI=1S/C28H29N2O5P/c1-2-35-36(33,24-16-10-5-11-17-24)26(22-12-6-3-7-13-22)25(28(32)30-18-20-34-21-19-30)29-27(31)23-14-8-4-9-15-23/h3-17H,2,18-21H2,1H3,(H,29,31)/b26-25-/t36-/m0/s1. The van der Waals surface area contributed by atoms with E-state index in [-0.39, 0.29) is 17.6 Å². The normalized spacial score (nSPS) is 16.0. The Hall–Kier alpha value is -3.51. The third-order valence-electron chi connectivity index (χ3n) is 5.77. The van der Waals surface area contributed by atoms with Gasteiger partial charge in [-0.25, -0.2) is 0 Å². The van der Waals surface area contributed by atoms with Crippen molar-refractivity contribution in [3.05, 3.63) is 108 Å². The number of morpholine rings is 1. The fraction of sp³-hybridized carbons (Fsp3) is 0.214. The highest BCUT2D eigenvalue weighted by atomic mass is 31.2. The van der Waals surface area contributed by atoms with Crippen LogP contribution in [-0.2, 0) is 18.6 Å². The van der Waals surface area contributed by atoms with Crippen molar-refractivity contribution in [2.45, 2.75) is 6.92 Å². The molecule has 1 atom stereocenters. The number of ether oxygens (including phenoxy) is 1. The summed E-state index contributed by atoms with van der Waals surface area (Å²) in [6, 6.07) is 26.4. The summed E-state index contributed by atoms with van der Waals surface area (Å²) in [4.78, 5) is 28.9. The van der Waals surface area contributed by atoms with Gasteiger partial charge >= 0.3 is 0 Å². The van der Waals surface area contributed by atoms with E-state index in [2.05, 4.69) is 5.32 Å². The summed E-state index contributed by atoms with van der Waals surface area (Å²) in [5, 5.41) is 3.42. The van der Waals surface area contributed by atoms with Crippen molar-refractivity contribution in [2.75, 3.05) is 32.9 Å². The Morgan fingerprint density at radius 1 is 0.861 bits per heavy atom. The van der Waals surface area contributed by atoms with Gasteiger partial charge in [-0.3, -0.25) is 14.2 Å². The SMILES string of the molecule is CCO[P@](=O)(/C(=C(\NC(=O)c1ccccc1)C(=O)N1CCOCC1)c1ccccc1)c1ccccc1. The lowest BCUT2D eigenvalue weighted by atomic mass is 10.1. The monoisotopic (exact) mass is 504 g/mol. The zero-order chi connectivity index (χ0) is 25.4. The van der Waals surface area contributed by atoms with Gasteiger partial charge in [0.15, 0.2) is 0 Å². The first-order chi connectivity index (χ1) is 17.5. The van der Waals surface area contributed by atoms with Crippen molar-refractivity contribution < 1.29 is 23.4 Å². The van der Waals surface area contributed by atoms with Crippen LogP contribution in [0.5, 0.6) is 0 Å². The van der Waals surface area contributed by atoms with E-state index in [0.717, 1.165) is 0 Å². The first-order valence-electron chi connectivity index (χ1n) is 11.9. The summed E-state index contributed by atoms with van der Waals surface area (Å²) < 4.78 is 26.2. The molecular weight excluding hydrogens is 475 g/mol. The lowest BCUT2D eigenvalue weighted by Crippen LogP contribution is -2.45. The molecule has 1 N–H and O–H groups in total. The van der Waals surface area contributed by atoms with Crippen molar-refractivity contribution in [1.82, 2.24) is 10.2 Å². The molecule has 3 aromatic carbocycles. The smallest absolute Gasteiger partial charge is 0.271 e. The fourth-order valence-corrected chi connectivity index (χ4v) is 6.45. The predicted molar refractivity (Wildman–Crippen MR) is 140 cm³/mol. The Morgan fingerprint density at radius 2 is 1.39 bits per heavy atom. The number of carbonyl (C=O) groups is 2. The van der Waals surface area contributed by atoms with E-state index in [9.17, 15) is 14.2 Å². The van der Waals surface area contributed by atoms with Crippen LogP contribution in [0, 0.1) is 0 Å². The number of rotatable bonds is 8. The second-order valence-electron chi connectivity index (χ2n) is 8.12. The molecule has 1 aliphatic rings. The van der Waals surface area contributed by atoms with Crippen molar-refractivity contribution in [1.29, 1.82) is 0 Å². The van der Waals surface area contributed by atoms with E-state index < -0.39 is 19.2 Å². The Morgan fingerprint density at radius 3 is 1.94 bits per heavy atom. The number of benzene rings is 3. The molecule has 0 radical (unpaired) electrons. The summed E-state index contributed by atoms with van der Waals surface area (Å²) in [5.41, 5.74) is 0.851. The number of hydrogen-bond acceptors (Lipinski definition) is 5. The van der Waals surface area contributed by atoms with E-state index in [4.69, 9.17) is 9.26 Å². The molecule has 1 fully saturated rings. The van der Waals surface area contributed by atoms with Crippen LogP contribution < -0.4 is 10.6 Å². The van der Waals surface area contributed by atoms with E-state index >= 15 is 0 Å². The van der Waals surface area contributed by atoms with E-state index in [0.29, 0.717) is 42.7 Å². The van der Waals surface area contributed by atoms with Gasteiger partial charge in [0.25, 0.3) is 19.2 Å². The molecule has 7 nitrogen and oxygen atoms in total. The molecular formula is C28H29N2O5P. The van der Waals surface area contributed by atoms with E-state index in [1.165, 1.54) is 0 Å². The molecule has 186 valence electrons.